The first-order valence-electron chi connectivity index (χ1n) is 6.73. The summed E-state index contributed by atoms with van der Waals surface area (Å²) in [5.74, 6) is 0.773. The Hall–Kier alpha value is -2.07. The minimum atomic E-state index is 0.0701. The molecule has 1 aromatic heterocycles. The van der Waals surface area contributed by atoms with Crippen molar-refractivity contribution >= 4 is 23.1 Å². The highest BCUT2D eigenvalue weighted by Gasteiger charge is 2.27. The Morgan fingerprint density at radius 1 is 1.24 bits per heavy atom. The lowest BCUT2D eigenvalue weighted by molar-refractivity contribution is -0.113. The van der Waals surface area contributed by atoms with Crippen molar-refractivity contribution in [2.24, 2.45) is 0 Å². The number of ketones is 1. The second-order valence-corrected chi connectivity index (χ2v) is 5.43. The quantitative estimate of drug-likeness (QED) is 0.868. The van der Waals surface area contributed by atoms with Gasteiger partial charge in [0.2, 0.25) is 0 Å². The third kappa shape index (κ3) is 2.47. The van der Waals surface area contributed by atoms with Crippen LogP contribution in [0.15, 0.2) is 36.1 Å². The number of nitrogens with zero attached hydrogens (tertiary/aromatic N) is 2. The Kier molecular flexibility index (Phi) is 3.55. The van der Waals surface area contributed by atoms with E-state index in [1.807, 2.05) is 37.3 Å². The number of ether oxygens (including phenoxy) is 1. The molecule has 1 aromatic carbocycles. The van der Waals surface area contributed by atoms with Crippen LogP contribution in [-0.4, -0.2) is 22.7 Å². The number of hydrogen-bond donors (Lipinski definition) is 0. The fourth-order valence-corrected chi connectivity index (χ4v) is 2.64. The lowest BCUT2D eigenvalue weighted by atomic mass is 10.1. The van der Waals surface area contributed by atoms with Crippen LogP contribution in [0.3, 0.4) is 0 Å². The van der Waals surface area contributed by atoms with Gasteiger partial charge in [0.25, 0.3) is 0 Å². The normalized spacial score (nSPS) is 14.9. The summed E-state index contributed by atoms with van der Waals surface area (Å²) in [5.41, 5.74) is 3.23. The summed E-state index contributed by atoms with van der Waals surface area (Å²) in [6.45, 7) is 1.93. The van der Waals surface area contributed by atoms with Gasteiger partial charge in [0.15, 0.2) is 5.78 Å². The zero-order chi connectivity index (χ0) is 15.0. The molecule has 0 bridgehead atoms. The molecule has 5 heteroatoms. The molecule has 0 radical (unpaired) electrons. The van der Waals surface area contributed by atoms with Crippen molar-refractivity contribution in [3.05, 3.63) is 46.8 Å². The van der Waals surface area contributed by atoms with Gasteiger partial charge in [-0.15, -0.1) is 0 Å². The molecule has 0 N–H and O–H groups in total. The van der Waals surface area contributed by atoms with E-state index in [0.29, 0.717) is 29.3 Å². The Labute approximate surface area is 128 Å². The first kappa shape index (κ1) is 13.9. The SMILES string of the molecule is COC1=C(n2nc(-c3ccc(Cl)cc3)cc2C)C(=O)CC1. The third-order valence-electron chi connectivity index (χ3n) is 3.59. The molecule has 0 saturated heterocycles. The van der Waals surface area contributed by atoms with Gasteiger partial charge in [-0.3, -0.25) is 4.79 Å². The summed E-state index contributed by atoms with van der Waals surface area (Å²) in [7, 11) is 1.59. The van der Waals surface area contributed by atoms with Crippen LogP contribution in [0.25, 0.3) is 17.0 Å². The van der Waals surface area contributed by atoms with Gasteiger partial charge in [0.05, 0.1) is 12.8 Å². The molecular weight excluding hydrogens is 288 g/mol. The molecule has 0 amide bonds. The van der Waals surface area contributed by atoms with E-state index in [4.69, 9.17) is 16.3 Å². The minimum Gasteiger partial charge on any atom is -0.499 e. The zero-order valence-corrected chi connectivity index (χ0v) is 12.6. The van der Waals surface area contributed by atoms with Crippen LogP contribution in [0.5, 0.6) is 0 Å². The first-order chi connectivity index (χ1) is 10.1. The third-order valence-corrected chi connectivity index (χ3v) is 3.84. The maximum Gasteiger partial charge on any atom is 0.185 e. The highest BCUT2D eigenvalue weighted by Crippen LogP contribution is 2.30. The van der Waals surface area contributed by atoms with Gasteiger partial charge in [-0.05, 0) is 25.1 Å². The van der Waals surface area contributed by atoms with Crippen molar-refractivity contribution in [1.29, 1.82) is 0 Å². The standard InChI is InChI=1S/C16H15ClN2O2/c1-10-9-13(11-3-5-12(17)6-4-11)18-19(10)16-14(20)7-8-15(16)21-2/h3-6,9H,7-8H2,1-2H3. The van der Waals surface area contributed by atoms with Crippen LogP contribution >= 0.6 is 11.6 Å². The Bertz CT molecular complexity index is 729. The lowest BCUT2D eigenvalue weighted by Gasteiger charge is -2.07. The number of methoxy groups -OCH3 is 1. The van der Waals surface area contributed by atoms with Gasteiger partial charge < -0.3 is 4.74 Å². The minimum absolute atomic E-state index is 0.0701. The van der Waals surface area contributed by atoms with E-state index in [2.05, 4.69) is 5.10 Å². The molecule has 3 rings (SSSR count). The van der Waals surface area contributed by atoms with Gasteiger partial charge in [0.1, 0.15) is 11.5 Å². The molecule has 108 valence electrons. The molecule has 0 atom stereocenters. The highest BCUT2D eigenvalue weighted by atomic mass is 35.5. The van der Waals surface area contributed by atoms with Crippen LogP contribution in [0.1, 0.15) is 18.5 Å². The van der Waals surface area contributed by atoms with Gasteiger partial charge in [-0.25, -0.2) is 4.68 Å². The van der Waals surface area contributed by atoms with Crippen LogP contribution in [0.4, 0.5) is 0 Å². The Morgan fingerprint density at radius 3 is 2.62 bits per heavy atom. The summed E-state index contributed by atoms with van der Waals surface area (Å²) >= 11 is 5.90. The number of benzene rings is 1. The number of aryl methyl sites for hydroxylation is 1. The van der Waals surface area contributed by atoms with Crippen LogP contribution in [-0.2, 0) is 9.53 Å². The number of carbonyl (C=O) groups is 1. The number of rotatable bonds is 3. The number of allylic oxidation sites excluding steroid dienone is 2. The number of aromatic nitrogens is 2. The van der Waals surface area contributed by atoms with Crippen molar-refractivity contribution in [3.63, 3.8) is 0 Å². The fraction of sp³-hybridized carbons (Fsp3) is 0.250. The Morgan fingerprint density at radius 2 is 1.95 bits per heavy atom. The summed E-state index contributed by atoms with van der Waals surface area (Å²) in [6, 6.07) is 9.43. The van der Waals surface area contributed by atoms with Gasteiger partial charge in [-0.2, -0.15) is 5.10 Å². The molecule has 1 aliphatic carbocycles. The maximum absolute atomic E-state index is 12.1. The predicted octanol–water partition coefficient (Wildman–Crippen LogP) is 3.69. The van der Waals surface area contributed by atoms with E-state index in [9.17, 15) is 4.79 Å². The average Bonchev–Trinajstić information content (AvgIpc) is 3.02. The molecule has 0 fully saturated rings. The maximum atomic E-state index is 12.1. The van der Waals surface area contributed by atoms with Crippen molar-refractivity contribution in [3.8, 4) is 11.3 Å². The van der Waals surface area contributed by atoms with Gasteiger partial charge >= 0.3 is 0 Å². The predicted molar refractivity (Wildman–Crippen MR) is 81.9 cm³/mol. The summed E-state index contributed by atoms with van der Waals surface area (Å²) < 4.78 is 6.99. The second-order valence-electron chi connectivity index (χ2n) is 4.99. The molecule has 0 unspecified atom stereocenters. The zero-order valence-electron chi connectivity index (χ0n) is 11.9. The largest absolute Gasteiger partial charge is 0.499 e. The lowest BCUT2D eigenvalue weighted by Crippen LogP contribution is -2.09. The summed E-state index contributed by atoms with van der Waals surface area (Å²) in [5, 5.41) is 5.24. The number of carbonyl (C=O) groups excluding carboxylic acids is 1. The molecular formula is C16H15ClN2O2. The van der Waals surface area contributed by atoms with Gasteiger partial charge in [0, 0.05) is 29.1 Å². The van der Waals surface area contributed by atoms with E-state index in [-0.39, 0.29) is 5.78 Å². The second kappa shape index (κ2) is 5.37. The van der Waals surface area contributed by atoms with Crippen molar-refractivity contribution in [1.82, 2.24) is 9.78 Å². The molecule has 1 aliphatic rings. The van der Waals surface area contributed by atoms with E-state index in [1.165, 1.54) is 0 Å². The first-order valence-corrected chi connectivity index (χ1v) is 7.11. The molecule has 2 aromatic rings. The van der Waals surface area contributed by atoms with E-state index in [1.54, 1.807) is 11.8 Å². The molecule has 4 nitrogen and oxygen atoms in total. The molecule has 0 aliphatic heterocycles. The monoisotopic (exact) mass is 302 g/mol. The van der Waals surface area contributed by atoms with Gasteiger partial charge in [-0.1, -0.05) is 23.7 Å². The fourth-order valence-electron chi connectivity index (χ4n) is 2.52. The van der Waals surface area contributed by atoms with E-state index >= 15 is 0 Å². The molecule has 1 heterocycles. The topological polar surface area (TPSA) is 44.1 Å². The van der Waals surface area contributed by atoms with Crippen molar-refractivity contribution < 1.29 is 9.53 Å². The van der Waals surface area contributed by atoms with E-state index in [0.717, 1.165) is 17.0 Å². The highest BCUT2D eigenvalue weighted by molar-refractivity contribution is 6.30. The van der Waals surface area contributed by atoms with Crippen LogP contribution in [0.2, 0.25) is 5.02 Å². The molecule has 0 saturated carbocycles. The Balaban J connectivity index is 2.06. The van der Waals surface area contributed by atoms with Crippen LogP contribution in [0, 0.1) is 6.92 Å². The summed E-state index contributed by atoms with van der Waals surface area (Å²) in [6.07, 6.45) is 1.12. The number of Topliss-reactive ketones (excluding diaryl/α,β-unsaturated/α-hetero) is 1. The molecule has 21 heavy (non-hydrogen) atoms. The number of halogens is 1. The molecule has 0 spiro atoms. The van der Waals surface area contributed by atoms with Crippen molar-refractivity contribution in [2.75, 3.05) is 7.11 Å². The van der Waals surface area contributed by atoms with Crippen LogP contribution < -0.4 is 0 Å². The number of hydrogen-bond acceptors (Lipinski definition) is 3. The summed E-state index contributed by atoms with van der Waals surface area (Å²) in [4.78, 5) is 12.1. The smallest absolute Gasteiger partial charge is 0.185 e. The van der Waals surface area contributed by atoms with Crippen molar-refractivity contribution in [2.45, 2.75) is 19.8 Å². The van der Waals surface area contributed by atoms with E-state index < -0.39 is 0 Å². The average molecular weight is 303 g/mol.